The van der Waals surface area contributed by atoms with E-state index in [9.17, 15) is 19.8 Å². The van der Waals surface area contributed by atoms with E-state index in [1.165, 1.54) is 28.4 Å². The maximum atomic E-state index is 10.7. The molecule has 0 unspecified atom stereocenters. The zero-order valence-corrected chi connectivity index (χ0v) is 23.0. The van der Waals surface area contributed by atoms with Gasteiger partial charge in [-0.05, 0) is 0 Å². The van der Waals surface area contributed by atoms with Crippen LogP contribution in [-0.4, -0.2) is 40.4 Å². The summed E-state index contributed by atoms with van der Waals surface area (Å²) in [6, 6.07) is 17.6. The van der Waals surface area contributed by atoms with Crippen LogP contribution in [0.3, 0.4) is 0 Å². The molecule has 0 saturated carbocycles. The smallest absolute Gasteiger partial charge is 0.541 e. The Balaban J connectivity index is 0. The Morgan fingerprint density at radius 2 is 0.844 bits per heavy atom. The Bertz CT molecular complexity index is 821. The standard InChI is InChI=1S/2C11H12O4.2Na/c2*1-14-9(10(15-2)11(12)13)8-6-4-3-5-7-8;;/h2*3-7H,1-2H3,(H,12,13);;/q;;2*+1/p-2. The minimum absolute atomic E-state index is 0. The van der Waals surface area contributed by atoms with Gasteiger partial charge in [0.1, 0.15) is 11.9 Å². The molecule has 0 aliphatic rings. The van der Waals surface area contributed by atoms with Crippen LogP contribution in [0.15, 0.2) is 72.2 Å². The molecule has 0 fully saturated rings. The monoisotopic (exact) mass is 460 g/mol. The second-order valence-corrected chi connectivity index (χ2v) is 5.44. The molecule has 0 radical (unpaired) electrons. The molecule has 0 saturated heterocycles. The molecule has 32 heavy (non-hydrogen) atoms. The maximum absolute atomic E-state index is 10.7. The van der Waals surface area contributed by atoms with Gasteiger partial charge in [-0.15, -0.1) is 0 Å². The topological polar surface area (TPSA) is 117 Å². The van der Waals surface area contributed by atoms with E-state index in [-0.39, 0.29) is 82.2 Å². The quantitative estimate of drug-likeness (QED) is 0.218. The first-order valence-corrected chi connectivity index (χ1v) is 8.59. The summed E-state index contributed by atoms with van der Waals surface area (Å²) in [6.45, 7) is 0. The van der Waals surface area contributed by atoms with Crippen LogP contribution >= 0.6 is 0 Å². The summed E-state index contributed by atoms with van der Waals surface area (Å²) in [6.07, 6.45) is 0. The molecule has 0 spiro atoms. The summed E-state index contributed by atoms with van der Waals surface area (Å²) in [4.78, 5) is 21.5. The summed E-state index contributed by atoms with van der Waals surface area (Å²) in [7, 11) is 5.27. The molecule has 0 amide bonds. The van der Waals surface area contributed by atoms with E-state index >= 15 is 0 Å². The van der Waals surface area contributed by atoms with Crippen LogP contribution in [0.25, 0.3) is 11.5 Å². The average molecular weight is 460 g/mol. The number of aliphatic carboxylic acids is 2. The van der Waals surface area contributed by atoms with Crippen molar-refractivity contribution in [3.8, 4) is 0 Å². The third-order valence-electron chi connectivity index (χ3n) is 3.67. The molecule has 0 aliphatic carbocycles. The second kappa shape index (κ2) is 17.6. The normalized spacial score (nSPS) is 10.9. The van der Waals surface area contributed by atoms with Gasteiger partial charge in [-0.1, -0.05) is 60.7 Å². The molecule has 2 aromatic rings. The number of hydrogen-bond donors (Lipinski definition) is 0. The molecular weight excluding hydrogens is 438 g/mol. The van der Waals surface area contributed by atoms with Gasteiger partial charge in [-0.3, -0.25) is 0 Å². The minimum atomic E-state index is -1.40. The number of ether oxygens (including phenoxy) is 4. The summed E-state index contributed by atoms with van der Waals surface area (Å²) < 4.78 is 19.4. The van der Waals surface area contributed by atoms with Crippen LogP contribution in [0.4, 0.5) is 0 Å². The van der Waals surface area contributed by atoms with E-state index in [1.54, 1.807) is 48.5 Å². The Hall–Kier alpha value is -1.94. The number of carboxylic acid groups (broad SMARTS) is 2. The Morgan fingerprint density at radius 1 is 0.562 bits per heavy atom. The van der Waals surface area contributed by atoms with Crippen molar-refractivity contribution in [1.82, 2.24) is 0 Å². The van der Waals surface area contributed by atoms with Gasteiger partial charge in [-0.2, -0.15) is 0 Å². The first-order valence-electron chi connectivity index (χ1n) is 8.59. The van der Waals surface area contributed by atoms with Crippen LogP contribution in [0.5, 0.6) is 0 Å². The van der Waals surface area contributed by atoms with Crippen molar-refractivity contribution >= 4 is 23.5 Å². The number of benzene rings is 2. The minimum Gasteiger partial charge on any atom is -0.541 e. The molecule has 0 aliphatic heterocycles. The van der Waals surface area contributed by atoms with E-state index < -0.39 is 11.9 Å². The second-order valence-electron chi connectivity index (χ2n) is 5.44. The molecule has 160 valence electrons. The van der Waals surface area contributed by atoms with Crippen molar-refractivity contribution in [3.63, 3.8) is 0 Å². The summed E-state index contributed by atoms with van der Waals surface area (Å²) in [5.74, 6) is -3.14. The van der Waals surface area contributed by atoms with Gasteiger partial charge >= 0.3 is 59.1 Å². The van der Waals surface area contributed by atoms with Gasteiger partial charge in [0.2, 0.25) is 0 Å². The fourth-order valence-corrected chi connectivity index (χ4v) is 2.40. The number of hydrogen-bond acceptors (Lipinski definition) is 8. The molecule has 2 rings (SSSR count). The van der Waals surface area contributed by atoms with E-state index in [0.29, 0.717) is 11.1 Å². The third-order valence-corrected chi connectivity index (χ3v) is 3.67. The van der Waals surface area contributed by atoms with Crippen LogP contribution < -0.4 is 69.3 Å². The van der Waals surface area contributed by atoms with E-state index in [0.717, 1.165) is 0 Å². The molecule has 0 N–H and O–H groups in total. The molecule has 0 atom stereocenters. The van der Waals surface area contributed by atoms with Gasteiger partial charge in [0.25, 0.3) is 0 Å². The zero-order chi connectivity index (χ0) is 22.5. The number of carbonyl (C=O) groups is 2. The summed E-state index contributed by atoms with van der Waals surface area (Å²) in [5, 5.41) is 21.5. The fourth-order valence-electron chi connectivity index (χ4n) is 2.40. The van der Waals surface area contributed by atoms with Crippen molar-refractivity contribution in [3.05, 3.63) is 83.3 Å². The average Bonchev–Trinajstić information content (AvgIpc) is 2.76. The molecule has 8 nitrogen and oxygen atoms in total. The largest absolute Gasteiger partial charge is 1.00 e. The van der Waals surface area contributed by atoms with Crippen molar-refractivity contribution in [2.45, 2.75) is 0 Å². The molecule has 0 heterocycles. The number of carboxylic acids is 2. The number of rotatable bonds is 8. The van der Waals surface area contributed by atoms with Crippen LogP contribution in [-0.2, 0) is 28.5 Å². The van der Waals surface area contributed by atoms with Gasteiger partial charge < -0.3 is 38.7 Å². The van der Waals surface area contributed by atoms with Crippen LogP contribution in [0.1, 0.15) is 11.1 Å². The predicted octanol–water partition coefficient (Wildman–Crippen LogP) is -5.20. The summed E-state index contributed by atoms with van der Waals surface area (Å²) >= 11 is 0. The van der Waals surface area contributed by atoms with Crippen molar-refractivity contribution in [1.29, 1.82) is 0 Å². The van der Waals surface area contributed by atoms with E-state index in [2.05, 4.69) is 0 Å². The number of methoxy groups -OCH3 is 4. The predicted molar refractivity (Wildman–Crippen MR) is 105 cm³/mol. The first kappa shape index (κ1) is 32.2. The SMILES string of the molecule is COC(C(=O)[O-])=C(OC)c1ccccc1.COC(C(=O)[O-])=C(OC)c1ccccc1.[Na+].[Na+]. The molecule has 0 aromatic heterocycles. The van der Waals surface area contributed by atoms with Crippen molar-refractivity contribution in [2.75, 3.05) is 28.4 Å². The Kier molecular flexibility index (Phi) is 17.7. The molecule has 0 bridgehead atoms. The van der Waals surface area contributed by atoms with Gasteiger partial charge in [0.15, 0.2) is 23.0 Å². The van der Waals surface area contributed by atoms with E-state index in [4.69, 9.17) is 18.9 Å². The first-order chi connectivity index (χ1) is 14.4. The number of carbonyl (C=O) groups excluding carboxylic acids is 2. The molecule has 2 aromatic carbocycles. The molecule has 10 heteroatoms. The summed E-state index contributed by atoms with van der Waals surface area (Å²) in [5.41, 5.74) is 1.25. The van der Waals surface area contributed by atoms with Crippen molar-refractivity contribution < 1.29 is 97.9 Å². The molecular formula is C22H22Na2O8. The van der Waals surface area contributed by atoms with Crippen LogP contribution in [0, 0.1) is 0 Å². The zero-order valence-electron chi connectivity index (χ0n) is 19.0. The fraction of sp³-hybridized carbons (Fsp3) is 0.182. The van der Waals surface area contributed by atoms with Gasteiger partial charge in [-0.25, -0.2) is 0 Å². The van der Waals surface area contributed by atoms with E-state index in [1.807, 2.05) is 12.1 Å². The van der Waals surface area contributed by atoms with Crippen molar-refractivity contribution in [2.24, 2.45) is 0 Å². The Labute approximate surface area is 231 Å². The van der Waals surface area contributed by atoms with Gasteiger partial charge in [0.05, 0.1) is 28.4 Å². The third kappa shape index (κ3) is 9.68. The van der Waals surface area contributed by atoms with Crippen LogP contribution in [0.2, 0.25) is 0 Å². The maximum Gasteiger partial charge on any atom is 1.00 e. The Morgan fingerprint density at radius 3 is 1.03 bits per heavy atom. The van der Waals surface area contributed by atoms with Gasteiger partial charge in [0, 0.05) is 11.1 Å².